The fourth-order valence-corrected chi connectivity index (χ4v) is 3.58. The zero-order chi connectivity index (χ0) is 18.3. The summed E-state index contributed by atoms with van der Waals surface area (Å²) in [6.45, 7) is 1.75. The van der Waals surface area contributed by atoms with Gasteiger partial charge in [-0.15, -0.1) is 10.2 Å². The lowest BCUT2D eigenvalue weighted by atomic mass is 10.3. The molecule has 3 heterocycles. The van der Waals surface area contributed by atoms with Gasteiger partial charge in [-0.05, 0) is 25.1 Å². The number of benzene rings is 1. The average Bonchev–Trinajstić information content (AvgIpc) is 3.25. The first kappa shape index (κ1) is 16.8. The smallest absolute Gasteiger partial charge is 0.318 e. The van der Waals surface area contributed by atoms with Gasteiger partial charge in [-0.1, -0.05) is 29.4 Å². The minimum Gasteiger partial charge on any atom is -0.468 e. The van der Waals surface area contributed by atoms with E-state index in [1.807, 2.05) is 18.2 Å². The molecule has 1 atom stereocenters. The SMILES string of the molecule is COC(=O)C(C)Sc1nnc2c3cnn(-c4cccc(Cl)c4)c3ncn12. The van der Waals surface area contributed by atoms with Crippen LogP contribution in [-0.4, -0.2) is 47.7 Å². The van der Waals surface area contributed by atoms with Gasteiger partial charge in [0, 0.05) is 5.02 Å². The Morgan fingerprint density at radius 1 is 1.31 bits per heavy atom. The fourth-order valence-electron chi connectivity index (χ4n) is 2.55. The highest BCUT2D eigenvalue weighted by Gasteiger charge is 2.20. The van der Waals surface area contributed by atoms with Gasteiger partial charge >= 0.3 is 5.97 Å². The summed E-state index contributed by atoms with van der Waals surface area (Å²) in [6.07, 6.45) is 3.30. The number of methoxy groups -OCH3 is 1. The van der Waals surface area contributed by atoms with Crippen LogP contribution in [0.25, 0.3) is 22.4 Å². The summed E-state index contributed by atoms with van der Waals surface area (Å²) < 4.78 is 8.17. The van der Waals surface area contributed by atoms with E-state index in [4.69, 9.17) is 16.3 Å². The number of carbonyl (C=O) groups excluding carboxylic acids is 1. The Morgan fingerprint density at radius 3 is 2.92 bits per heavy atom. The monoisotopic (exact) mass is 388 g/mol. The third-order valence-electron chi connectivity index (χ3n) is 3.81. The molecule has 0 saturated carbocycles. The van der Waals surface area contributed by atoms with Crippen molar-refractivity contribution in [2.45, 2.75) is 17.3 Å². The first-order chi connectivity index (χ1) is 12.6. The second kappa shape index (κ2) is 6.58. The maximum Gasteiger partial charge on any atom is 0.318 e. The van der Waals surface area contributed by atoms with Crippen molar-refractivity contribution in [3.63, 3.8) is 0 Å². The fraction of sp³-hybridized carbons (Fsp3) is 0.188. The van der Waals surface area contributed by atoms with Gasteiger partial charge in [0.2, 0.25) is 0 Å². The molecule has 132 valence electrons. The number of thioether (sulfide) groups is 1. The number of halogens is 1. The van der Waals surface area contributed by atoms with Crippen molar-refractivity contribution >= 4 is 46.0 Å². The Bertz CT molecular complexity index is 1120. The summed E-state index contributed by atoms with van der Waals surface area (Å²) >= 11 is 7.32. The van der Waals surface area contributed by atoms with Gasteiger partial charge in [-0.2, -0.15) is 5.10 Å². The Morgan fingerprint density at radius 2 is 2.15 bits per heavy atom. The van der Waals surface area contributed by atoms with Crippen molar-refractivity contribution in [2.24, 2.45) is 0 Å². The molecule has 0 amide bonds. The highest BCUT2D eigenvalue weighted by Crippen LogP contribution is 2.26. The van der Waals surface area contributed by atoms with Crippen molar-refractivity contribution in [1.29, 1.82) is 0 Å². The summed E-state index contributed by atoms with van der Waals surface area (Å²) in [5.74, 6) is -0.324. The lowest BCUT2D eigenvalue weighted by molar-refractivity contribution is -0.139. The standard InChI is InChI=1S/C16H13ClN6O2S/c1-9(15(24)25-2)26-16-21-20-14-12-7-19-23(13(12)18-8-22(14)16)11-5-3-4-10(17)6-11/h3-9H,1-2H3. The Kier molecular flexibility index (Phi) is 4.25. The van der Waals surface area contributed by atoms with Crippen LogP contribution in [0.15, 0.2) is 41.9 Å². The Labute approximate surface area is 157 Å². The number of rotatable bonds is 4. The number of nitrogens with zero attached hydrogens (tertiary/aromatic N) is 6. The van der Waals surface area contributed by atoms with Crippen molar-refractivity contribution in [1.82, 2.24) is 29.4 Å². The van der Waals surface area contributed by atoms with Crippen LogP contribution < -0.4 is 0 Å². The van der Waals surface area contributed by atoms with E-state index in [9.17, 15) is 4.79 Å². The maximum atomic E-state index is 11.6. The molecule has 0 spiro atoms. The van der Waals surface area contributed by atoms with Gasteiger partial charge in [0.25, 0.3) is 0 Å². The molecule has 10 heteroatoms. The zero-order valence-electron chi connectivity index (χ0n) is 13.8. The topological polar surface area (TPSA) is 87.2 Å². The Hall–Kier alpha value is -2.65. The van der Waals surface area contributed by atoms with E-state index in [2.05, 4.69) is 20.3 Å². The highest BCUT2D eigenvalue weighted by molar-refractivity contribution is 8.00. The van der Waals surface area contributed by atoms with Gasteiger partial charge in [0.05, 0.1) is 24.4 Å². The molecule has 0 bridgehead atoms. The lowest BCUT2D eigenvalue weighted by Crippen LogP contribution is -2.15. The second-order valence-corrected chi connectivity index (χ2v) is 7.22. The van der Waals surface area contributed by atoms with E-state index in [0.717, 1.165) is 11.1 Å². The number of carbonyl (C=O) groups is 1. The van der Waals surface area contributed by atoms with Crippen LogP contribution in [0.1, 0.15) is 6.92 Å². The summed E-state index contributed by atoms with van der Waals surface area (Å²) in [6, 6.07) is 7.35. The van der Waals surface area contributed by atoms with E-state index in [1.54, 1.807) is 34.6 Å². The van der Waals surface area contributed by atoms with Crippen LogP contribution in [0.4, 0.5) is 0 Å². The van der Waals surface area contributed by atoms with E-state index in [-0.39, 0.29) is 5.97 Å². The first-order valence-electron chi connectivity index (χ1n) is 7.66. The molecule has 0 aliphatic heterocycles. The molecular weight excluding hydrogens is 376 g/mol. The molecule has 1 unspecified atom stereocenters. The quantitative estimate of drug-likeness (QED) is 0.392. The van der Waals surface area contributed by atoms with Gasteiger partial charge in [-0.3, -0.25) is 9.20 Å². The van der Waals surface area contributed by atoms with E-state index >= 15 is 0 Å². The van der Waals surface area contributed by atoms with Crippen LogP contribution in [-0.2, 0) is 9.53 Å². The summed E-state index contributed by atoms with van der Waals surface area (Å²) in [7, 11) is 1.36. The molecule has 8 nitrogen and oxygen atoms in total. The molecule has 0 N–H and O–H groups in total. The van der Waals surface area contributed by atoms with Gasteiger partial charge in [-0.25, -0.2) is 9.67 Å². The summed E-state index contributed by atoms with van der Waals surface area (Å²) in [5, 5.41) is 14.3. The molecule has 1 aromatic carbocycles. The van der Waals surface area contributed by atoms with Crippen molar-refractivity contribution < 1.29 is 9.53 Å². The highest BCUT2D eigenvalue weighted by atomic mass is 35.5. The normalized spacial score (nSPS) is 12.6. The van der Waals surface area contributed by atoms with Crippen LogP contribution in [0.2, 0.25) is 5.02 Å². The van der Waals surface area contributed by atoms with E-state index in [0.29, 0.717) is 21.5 Å². The lowest BCUT2D eigenvalue weighted by Gasteiger charge is -2.07. The van der Waals surface area contributed by atoms with Crippen molar-refractivity contribution in [2.75, 3.05) is 7.11 Å². The minimum absolute atomic E-state index is 0.324. The minimum atomic E-state index is -0.405. The molecule has 0 saturated heterocycles. The van der Waals surface area contributed by atoms with Gasteiger partial charge < -0.3 is 4.74 Å². The Balaban J connectivity index is 1.79. The largest absolute Gasteiger partial charge is 0.468 e. The second-order valence-electron chi connectivity index (χ2n) is 5.48. The van der Waals surface area contributed by atoms with Crippen LogP contribution in [0.3, 0.4) is 0 Å². The third kappa shape index (κ3) is 2.78. The molecule has 3 aromatic heterocycles. The number of aromatic nitrogens is 6. The van der Waals surface area contributed by atoms with Gasteiger partial charge in [0.1, 0.15) is 11.6 Å². The molecule has 0 aliphatic rings. The van der Waals surface area contributed by atoms with Crippen LogP contribution in [0.5, 0.6) is 0 Å². The first-order valence-corrected chi connectivity index (χ1v) is 8.92. The number of fused-ring (bicyclic) bond motifs is 3. The zero-order valence-corrected chi connectivity index (χ0v) is 15.4. The number of hydrogen-bond acceptors (Lipinski definition) is 7. The predicted molar refractivity (Wildman–Crippen MR) is 97.8 cm³/mol. The molecule has 0 aliphatic carbocycles. The summed E-state index contributed by atoms with van der Waals surface area (Å²) in [5.41, 5.74) is 2.06. The average molecular weight is 389 g/mol. The van der Waals surface area contributed by atoms with E-state index < -0.39 is 5.25 Å². The van der Waals surface area contributed by atoms with Crippen molar-refractivity contribution in [3.05, 3.63) is 41.8 Å². The third-order valence-corrected chi connectivity index (χ3v) is 5.08. The predicted octanol–water partition coefficient (Wildman–Crippen LogP) is 2.77. The van der Waals surface area contributed by atoms with Gasteiger partial charge in [0.15, 0.2) is 16.5 Å². The number of esters is 1. The maximum absolute atomic E-state index is 11.6. The van der Waals surface area contributed by atoms with E-state index in [1.165, 1.54) is 18.9 Å². The number of hydrogen-bond donors (Lipinski definition) is 0. The molecule has 0 fully saturated rings. The molecule has 4 aromatic rings. The molecule has 26 heavy (non-hydrogen) atoms. The van der Waals surface area contributed by atoms with Crippen molar-refractivity contribution in [3.8, 4) is 5.69 Å². The molecule has 4 rings (SSSR count). The summed E-state index contributed by atoms with van der Waals surface area (Å²) in [4.78, 5) is 16.1. The molecular formula is C16H13ClN6O2S. The molecule has 0 radical (unpaired) electrons. The van der Waals surface area contributed by atoms with Crippen LogP contribution >= 0.6 is 23.4 Å². The van der Waals surface area contributed by atoms with Crippen LogP contribution in [0, 0.1) is 0 Å². The number of ether oxygens (including phenoxy) is 1.